The minimum Gasteiger partial charge on any atom is -0.453 e. The predicted molar refractivity (Wildman–Crippen MR) is 115 cm³/mol. The number of esters is 1. The first-order chi connectivity index (χ1) is 13.4. The molecule has 0 bridgehead atoms. The Labute approximate surface area is 173 Å². The molecule has 0 unspecified atom stereocenters. The quantitative estimate of drug-likeness (QED) is 0.357. The molecule has 0 atom stereocenters. The first kappa shape index (κ1) is 20.6. The molecule has 3 rings (SSSR count). The molecule has 3 aromatic rings. The van der Waals surface area contributed by atoms with Crippen LogP contribution >= 0.6 is 22.7 Å². The molecule has 0 aliphatic rings. The maximum Gasteiger partial charge on any atom is 0.348 e. The molecule has 0 saturated heterocycles. The molecular weight excluding hydrogens is 390 g/mol. The van der Waals surface area contributed by atoms with E-state index in [1.54, 1.807) is 11.3 Å². The van der Waals surface area contributed by atoms with Crippen molar-refractivity contribution in [3.05, 3.63) is 66.8 Å². The Bertz CT molecular complexity index is 980. The Morgan fingerprint density at radius 1 is 1.18 bits per heavy atom. The van der Waals surface area contributed by atoms with Crippen molar-refractivity contribution in [2.75, 3.05) is 6.61 Å². The van der Waals surface area contributed by atoms with Gasteiger partial charge in [-0.05, 0) is 56.3 Å². The van der Waals surface area contributed by atoms with Gasteiger partial charge in [0.25, 0.3) is 0 Å². The summed E-state index contributed by atoms with van der Waals surface area (Å²) in [5, 5.41) is 2.05. The molecule has 148 valence electrons. The van der Waals surface area contributed by atoms with E-state index >= 15 is 0 Å². The second-order valence-corrected chi connectivity index (χ2v) is 9.18. The second-order valence-electron chi connectivity index (χ2n) is 6.89. The van der Waals surface area contributed by atoms with Crippen LogP contribution in [-0.2, 0) is 17.7 Å². The third kappa shape index (κ3) is 4.45. The maximum absolute atomic E-state index is 12.7. The molecule has 28 heavy (non-hydrogen) atoms. The number of carbonyl (C=O) groups excluding carboxylic acids is 2. The van der Waals surface area contributed by atoms with Crippen LogP contribution in [0.2, 0.25) is 0 Å². The summed E-state index contributed by atoms with van der Waals surface area (Å²) in [7, 11) is 0. The number of Topliss-reactive ketones (excluding diaryl/α,β-unsaturated/α-hetero) is 1. The van der Waals surface area contributed by atoms with E-state index in [9.17, 15) is 9.59 Å². The van der Waals surface area contributed by atoms with E-state index in [2.05, 4.69) is 17.6 Å². The highest BCUT2D eigenvalue weighted by Gasteiger charge is 2.19. The summed E-state index contributed by atoms with van der Waals surface area (Å²) in [6.07, 6.45) is 1.98. The van der Waals surface area contributed by atoms with Crippen LogP contribution in [0.25, 0.3) is 0 Å². The fourth-order valence-electron chi connectivity index (χ4n) is 3.30. The normalized spacial score (nSPS) is 11.0. The summed E-state index contributed by atoms with van der Waals surface area (Å²) in [6.45, 7) is 8.57. The van der Waals surface area contributed by atoms with Crippen LogP contribution in [0.5, 0.6) is 0 Å². The molecule has 0 N–H and O–H groups in total. The molecule has 3 aromatic heterocycles. The summed E-state index contributed by atoms with van der Waals surface area (Å²) >= 11 is 3.13. The van der Waals surface area contributed by atoms with Crippen molar-refractivity contribution < 1.29 is 14.3 Å². The molecule has 0 aromatic carbocycles. The monoisotopic (exact) mass is 415 g/mol. The van der Waals surface area contributed by atoms with Crippen molar-refractivity contribution in [3.63, 3.8) is 0 Å². The average Bonchev–Trinajstić information content (AvgIpc) is 3.37. The Hall–Kier alpha value is -2.18. The standard InChI is InChI=1S/C22H25NO3S2/c1-5-7-17-11-21(28-16(17)4)22(25)26-13-20(24)19-10-14(2)23(15(19)3)12-18-8-6-9-27-18/h6,8-11H,5,7,12-13H2,1-4H3. The largest absolute Gasteiger partial charge is 0.453 e. The van der Waals surface area contributed by atoms with E-state index < -0.39 is 5.97 Å². The van der Waals surface area contributed by atoms with Crippen molar-refractivity contribution in [2.24, 2.45) is 0 Å². The van der Waals surface area contributed by atoms with Gasteiger partial charge in [0.05, 0.1) is 6.54 Å². The van der Waals surface area contributed by atoms with Gasteiger partial charge in [-0.3, -0.25) is 4.79 Å². The number of aromatic nitrogens is 1. The highest BCUT2D eigenvalue weighted by atomic mass is 32.1. The zero-order chi connectivity index (χ0) is 20.3. The summed E-state index contributed by atoms with van der Waals surface area (Å²) < 4.78 is 7.44. The van der Waals surface area contributed by atoms with Crippen molar-refractivity contribution in [2.45, 2.75) is 47.1 Å². The lowest BCUT2D eigenvalue weighted by Crippen LogP contribution is -2.14. The smallest absolute Gasteiger partial charge is 0.348 e. The molecule has 0 radical (unpaired) electrons. The van der Waals surface area contributed by atoms with Crippen molar-refractivity contribution >= 4 is 34.4 Å². The molecule has 0 spiro atoms. The molecule has 6 heteroatoms. The van der Waals surface area contributed by atoms with Gasteiger partial charge in [0.2, 0.25) is 5.78 Å². The number of nitrogens with zero attached hydrogens (tertiary/aromatic N) is 1. The van der Waals surface area contributed by atoms with Crippen LogP contribution in [0.15, 0.2) is 29.6 Å². The van der Waals surface area contributed by atoms with Crippen LogP contribution < -0.4 is 0 Å². The van der Waals surface area contributed by atoms with E-state index in [1.165, 1.54) is 21.8 Å². The van der Waals surface area contributed by atoms with Crippen molar-refractivity contribution in [1.82, 2.24) is 4.57 Å². The number of hydrogen-bond acceptors (Lipinski definition) is 5. The van der Waals surface area contributed by atoms with Gasteiger partial charge < -0.3 is 9.30 Å². The van der Waals surface area contributed by atoms with Gasteiger partial charge >= 0.3 is 5.97 Å². The fraction of sp³-hybridized carbons (Fsp3) is 0.364. The fourth-order valence-corrected chi connectivity index (χ4v) is 4.96. The lowest BCUT2D eigenvalue weighted by atomic mass is 10.1. The molecule has 0 fully saturated rings. The van der Waals surface area contributed by atoms with Gasteiger partial charge in [-0.2, -0.15) is 0 Å². The first-order valence-corrected chi connectivity index (χ1v) is 11.1. The summed E-state index contributed by atoms with van der Waals surface area (Å²) in [5.74, 6) is -0.586. The Balaban J connectivity index is 1.66. The average molecular weight is 416 g/mol. The minimum absolute atomic E-state index is 0.166. The Kier molecular flexibility index (Phi) is 6.52. The summed E-state index contributed by atoms with van der Waals surface area (Å²) in [5.41, 5.74) is 3.74. The lowest BCUT2D eigenvalue weighted by molar-refractivity contribution is 0.0479. The highest BCUT2D eigenvalue weighted by molar-refractivity contribution is 7.14. The molecule has 0 aliphatic heterocycles. The maximum atomic E-state index is 12.7. The van der Waals surface area contributed by atoms with Gasteiger partial charge in [-0.1, -0.05) is 19.4 Å². The number of hydrogen-bond donors (Lipinski definition) is 0. The van der Waals surface area contributed by atoms with E-state index in [0.717, 1.165) is 35.7 Å². The zero-order valence-corrected chi connectivity index (χ0v) is 18.3. The van der Waals surface area contributed by atoms with Crippen LogP contribution in [-0.4, -0.2) is 22.9 Å². The van der Waals surface area contributed by atoms with Crippen LogP contribution in [0, 0.1) is 20.8 Å². The van der Waals surface area contributed by atoms with Crippen molar-refractivity contribution in [1.29, 1.82) is 0 Å². The third-order valence-electron chi connectivity index (χ3n) is 4.84. The zero-order valence-electron chi connectivity index (χ0n) is 16.7. The SMILES string of the molecule is CCCc1cc(C(=O)OCC(=O)c2cc(C)n(Cc3cccs3)c2C)sc1C. The summed E-state index contributed by atoms with van der Waals surface area (Å²) in [6, 6.07) is 7.89. The van der Waals surface area contributed by atoms with Gasteiger partial charge in [0, 0.05) is 26.7 Å². The van der Waals surface area contributed by atoms with E-state index in [1.807, 2.05) is 44.4 Å². The number of ketones is 1. The topological polar surface area (TPSA) is 48.3 Å². The number of rotatable bonds is 8. The molecular formula is C22H25NO3S2. The van der Waals surface area contributed by atoms with E-state index in [-0.39, 0.29) is 12.4 Å². The van der Waals surface area contributed by atoms with Gasteiger partial charge in [0.1, 0.15) is 4.88 Å². The predicted octanol–water partition coefficient (Wildman–Crippen LogP) is 5.58. The van der Waals surface area contributed by atoms with Gasteiger partial charge in [0.15, 0.2) is 6.61 Å². The molecule has 4 nitrogen and oxygen atoms in total. The number of aryl methyl sites for hydroxylation is 3. The third-order valence-corrected chi connectivity index (χ3v) is 6.78. The number of carbonyl (C=O) groups is 2. The lowest BCUT2D eigenvalue weighted by Gasteiger charge is -2.08. The molecule has 0 saturated carbocycles. The second kappa shape index (κ2) is 8.88. The number of thiophene rings is 2. The van der Waals surface area contributed by atoms with E-state index in [4.69, 9.17) is 4.74 Å². The molecule has 0 amide bonds. The van der Waals surface area contributed by atoms with Crippen molar-refractivity contribution in [3.8, 4) is 0 Å². The van der Waals surface area contributed by atoms with Crippen LogP contribution in [0.4, 0.5) is 0 Å². The van der Waals surface area contributed by atoms with Crippen LogP contribution in [0.3, 0.4) is 0 Å². The first-order valence-electron chi connectivity index (χ1n) is 9.39. The Morgan fingerprint density at radius 3 is 2.64 bits per heavy atom. The van der Waals surface area contributed by atoms with E-state index in [0.29, 0.717) is 10.4 Å². The highest BCUT2D eigenvalue weighted by Crippen LogP contribution is 2.24. The van der Waals surface area contributed by atoms with Crippen LogP contribution in [0.1, 0.15) is 60.1 Å². The Morgan fingerprint density at radius 2 is 1.96 bits per heavy atom. The summed E-state index contributed by atoms with van der Waals surface area (Å²) in [4.78, 5) is 28.0. The number of ether oxygens (including phenoxy) is 1. The molecule has 0 aliphatic carbocycles. The van der Waals surface area contributed by atoms with Gasteiger partial charge in [-0.25, -0.2) is 4.79 Å². The molecule has 3 heterocycles. The van der Waals surface area contributed by atoms with Gasteiger partial charge in [-0.15, -0.1) is 22.7 Å². The minimum atomic E-state index is -0.420.